The van der Waals surface area contributed by atoms with E-state index in [1.807, 2.05) is 6.21 Å². The fraction of sp³-hybridized carbons (Fsp3) is 0.600. The first-order valence-corrected chi connectivity index (χ1v) is 9.01. The van der Waals surface area contributed by atoms with Crippen molar-refractivity contribution in [2.24, 2.45) is 5.10 Å². The predicted molar refractivity (Wildman–Crippen MR) is 98.2 cm³/mol. The summed E-state index contributed by atoms with van der Waals surface area (Å²) in [5.74, 6) is 0. The summed E-state index contributed by atoms with van der Waals surface area (Å²) < 4.78 is 5.37. The van der Waals surface area contributed by atoms with Gasteiger partial charge < -0.3 is 15.0 Å². The lowest BCUT2D eigenvalue weighted by atomic mass is 10.2. The summed E-state index contributed by atoms with van der Waals surface area (Å²) in [6, 6.07) is 4.22. The molecule has 1 saturated heterocycles. The molecular weight excluding hydrogens is 316 g/mol. The number of anilines is 1. The fourth-order valence-electron chi connectivity index (χ4n) is 2.14. The number of unbranched alkanes of at least 4 members (excludes halogenated alkanes) is 2. The average Bonchev–Trinajstić information content (AvgIpc) is 3.01. The highest BCUT2D eigenvalue weighted by atomic mass is 32.1. The van der Waals surface area contributed by atoms with E-state index in [4.69, 9.17) is 17.0 Å². The van der Waals surface area contributed by atoms with Crippen LogP contribution in [0.2, 0.25) is 0 Å². The second-order valence-electron chi connectivity index (χ2n) is 5.11. The lowest BCUT2D eigenvalue weighted by Crippen LogP contribution is -2.35. The molecule has 22 heavy (non-hydrogen) atoms. The summed E-state index contributed by atoms with van der Waals surface area (Å²) in [4.78, 5) is 3.46. The minimum atomic E-state index is 0.581. The van der Waals surface area contributed by atoms with Crippen molar-refractivity contribution in [2.75, 3.05) is 37.7 Å². The molecule has 2 heterocycles. The van der Waals surface area contributed by atoms with Crippen molar-refractivity contribution in [3.63, 3.8) is 0 Å². The van der Waals surface area contributed by atoms with Gasteiger partial charge in [-0.15, -0.1) is 11.3 Å². The van der Waals surface area contributed by atoms with Crippen LogP contribution in [0.1, 0.15) is 31.1 Å². The van der Waals surface area contributed by atoms with Crippen LogP contribution in [0.25, 0.3) is 0 Å². The van der Waals surface area contributed by atoms with Gasteiger partial charge in [-0.05, 0) is 30.8 Å². The SMILES string of the molecule is CCCCCNC(=S)N/N=C\c1ccc(N2CCOCC2)s1. The summed E-state index contributed by atoms with van der Waals surface area (Å²) in [7, 11) is 0. The minimum Gasteiger partial charge on any atom is -0.378 e. The number of nitrogens with one attached hydrogen (secondary N) is 2. The maximum atomic E-state index is 5.37. The molecule has 7 heteroatoms. The van der Waals surface area contributed by atoms with Gasteiger partial charge in [-0.1, -0.05) is 19.8 Å². The Kier molecular flexibility index (Phi) is 7.62. The van der Waals surface area contributed by atoms with E-state index in [0.717, 1.165) is 44.1 Å². The van der Waals surface area contributed by atoms with E-state index in [1.165, 1.54) is 17.8 Å². The van der Waals surface area contributed by atoms with Gasteiger partial charge in [0.2, 0.25) is 0 Å². The molecule has 5 nitrogen and oxygen atoms in total. The van der Waals surface area contributed by atoms with Crippen LogP contribution in [0.5, 0.6) is 0 Å². The Morgan fingerprint density at radius 1 is 1.41 bits per heavy atom. The van der Waals surface area contributed by atoms with Gasteiger partial charge in [-0.3, -0.25) is 5.43 Å². The Hall–Kier alpha value is -1.18. The van der Waals surface area contributed by atoms with E-state index in [9.17, 15) is 0 Å². The van der Waals surface area contributed by atoms with Gasteiger partial charge in [-0.2, -0.15) is 5.10 Å². The summed E-state index contributed by atoms with van der Waals surface area (Å²) >= 11 is 6.90. The number of ether oxygens (including phenoxy) is 1. The van der Waals surface area contributed by atoms with Crippen molar-refractivity contribution in [3.8, 4) is 0 Å². The van der Waals surface area contributed by atoms with E-state index in [2.05, 4.69) is 39.8 Å². The highest BCUT2D eigenvalue weighted by Gasteiger charge is 2.12. The van der Waals surface area contributed by atoms with Crippen LogP contribution in [0.3, 0.4) is 0 Å². The lowest BCUT2D eigenvalue weighted by Gasteiger charge is -2.27. The zero-order valence-electron chi connectivity index (χ0n) is 13.0. The highest BCUT2D eigenvalue weighted by Crippen LogP contribution is 2.25. The number of thiophene rings is 1. The zero-order chi connectivity index (χ0) is 15.6. The van der Waals surface area contributed by atoms with Crippen LogP contribution < -0.4 is 15.6 Å². The average molecular weight is 341 g/mol. The minimum absolute atomic E-state index is 0.581. The van der Waals surface area contributed by atoms with Crippen molar-refractivity contribution in [3.05, 3.63) is 17.0 Å². The molecule has 1 aromatic heterocycles. The van der Waals surface area contributed by atoms with E-state index in [1.54, 1.807) is 11.3 Å². The first-order valence-electron chi connectivity index (χ1n) is 7.79. The number of morpholine rings is 1. The third-order valence-electron chi connectivity index (χ3n) is 3.36. The molecule has 0 unspecified atom stereocenters. The first-order chi connectivity index (χ1) is 10.8. The molecule has 0 atom stereocenters. The van der Waals surface area contributed by atoms with E-state index < -0.39 is 0 Å². The van der Waals surface area contributed by atoms with Crippen LogP contribution in [0, 0.1) is 0 Å². The molecule has 0 saturated carbocycles. The quantitative estimate of drug-likeness (QED) is 0.346. The van der Waals surface area contributed by atoms with Crippen LogP contribution in [0.15, 0.2) is 17.2 Å². The molecule has 0 spiro atoms. The van der Waals surface area contributed by atoms with Crippen LogP contribution in [0.4, 0.5) is 5.00 Å². The highest BCUT2D eigenvalue weighted by molar-refractivity contribution is 7.80. The molecule has 2 N–H and O–H groups in total. The van der Waals surface area contributed by atoms with Crippen LogP contribution >= 0.6 is 23.6 Å². The molecule has 122 valence electrons. The van der Waals surface area contributed by atoms with Crippen LogP contribution in [-0.4, -0.2) is 44.2 Å². The first kappa shape index (κ1) is 17.2. The number of hydrazone groups is 1. The molecule has 0 aromatic carbocycles. The normalized spacial score (nSPS) is 15.2. The third kappa shape index (κ3) is 5.90. The topological polar surface area (TPSA) is 48.9 Å². The van der Waals surface area contributed by atoms with Crippen molar-refractivity contribution in [1.82, 2.24) is 10.7 Å². The Labute approximate surface area is 141 Å². The summed E-state index contributed by atoms with van der Waals surface area (Å²) in [6.45, 7) is 6.62. The largest absolute Gasteiger partial charge is 0.378 e. The van der Waals surface area contributed by atoms with Crippen molar-refractivity contribution >= 4 is 39.9 Å². The lowest BCUT2D eigenvalue weighted by molar-refractivity contribution is 0.123. The molecule has 2 rings (SSSR count). The third-order valence-corrected chi connectivity index (χ3v) is 4.68. The van der Waals surface area contributed by atoms with Gasteiger partial charge in [0.05, 0.1) is 24.4 Å². The van der Waals surface area contributed by atoms with Crippen LogP contribution in [-0.2, 0) is 4.74 Å². The molecule has 0 amide bonds. The van der Waals surface area contributed by atoms with Gasteiger partial charge >= 0.3 is 0 Å². The summed E-state index contributed by atoms with van der Waals surface area (Å²) in [5, 5.41) is 9.19. The van der Waals surface area contributed by atoms with Gasteiger partial charge in [-0.25, -0.2) is 0 Å². The second-order valence-corrected chi connectivity index (χ2v) is 6.61. The molecule has 1 fully saturated rings. The second kappa shape index (κ2) is 9.76. The molecule has 0 bridgehead atoms. The van der Waals surface area contributed by atoms with E-state index >= 15 is 0 Å². The van der Waals surface area contributed by atoms with E-state index in [-0.39, 0.29) is 0 Å². The van der Waals surface area contributed by atoms with Crippen molar-refractivity contribution in [2.45, 2.75) is 26.2 Å². The monoisotopic (exact) mass is 340 g/mol. The van der Waals surface area contributed by atoms with Gasteiger partial charge in [0.25, 0.3) is 0 Å². The molecule has 0 aliphatic carbocycles. The number of rotatable bonds is 7. The Bertz CT molecular complexity index is 484. The van der Waals surface area contributed by atoms with Gasteiger partial charge in [0.1, 0.15) is 0 Å². The summed E-state index contributed by atoms with van der Waals surface area (Å²) in [5.41, 5.74) is 2.86. The number of hydrogen-bond donors (Lipinski definition) is 2. The molecule has 0 radical (unpaired) electrons. The Balaban J connectivity index is 1.71. The van der Waals surface area contributed by atoms with Crippen molar-refractivity contribution < 1.29 is 4.74 Å². The molecule has 1 aliphatic heterocycles. The smallest absolute Gasteiger partial charge is 0.186 e. The fourth-order valence-corrected chi connectivity index (χ4v) is 3.22. The van der Waals surface area contributed by atoms with Gasteiger partial charge in [0, 0.05) is 24.5 Å². The predicted octanol–water partition coefficient (Wildman–Crippen LogP) is 2.57. The van der Waals surface area contributed by atoms with E-state index in [0.29, 0.717) is 5.11 Å². The summed E-state index contributed by atoms with van der Waals surface area (Å²) in [6.07, 6.45) is 5.38. The standard InChI is InChI=1S/C15H24N4OS2/c1-2-3-4-7-16-15(21)18-17-12-13-5-6-14(22-13)19-8-10-20-11-9-19/h5-6,12H,2-4,7-11H2,1H3,(H2,16,18,21)/b17-12-. The number of hydrogen-bond acceptors (Lipinski definition) is 5. The maximum absolute atomic E-state index is 5.37. The molecule has 1 aromatic rings. The Morgan fingerprint density at radius 3 is 3.00 bits per heavy atom. The van der Waals surface area contributed by atoms with Crippen molar-refractivity contribution in [1.29, 1.82) is 0 Å². The van der Waals surface area contributed by atoms with Gasteiger partial charge in [0.15, 0.2) is 5.11 Å². The Morgan fingerprint density at radius 2 is 2.23 bits per heavy atom. The molecular formula is C15H24N4OS2. The zero-order valence-corrected chi connectivity index (χ0v) is 14.6. The maximum Gasteiger partial charge on any atom is 0.186 e. The number of thiocarbonyl (C=S) groups is 1. The molecule has 1 aliphatic rings. The number of nitrogens with zero attached hydrogens (tertiary/aromatic N) is 2.